The van der Waals surface area contributed by atoms with Gasteiger partial charge in [0.1, 0.15) is 0 Å². The van der Waals surface area contributed by atoms with Crippen molar-refractivity contribution in [3.63, 3.8) is 0 Å². The SMILES string of the molecule is CC(=O)N1CCC(Cc2ccc(CN(C(=O)c3ccncc3)C3CC3)cc2)CC1. The van der Waals surface area contributed by atoms with Crippen molar-refractivity contribution in [2.45, 2.75) is 51.6 Å². The molecular formula is C24H29N3O2. The monoisotopic (exact) mass is 391 g/mol. The topological polar surface area (TPSA) is 53.5 Å². The first-order chi connectivity index (χ1) is 14.1. The van der Waals surface area contributed by atoms with Crippen molar-refractivity contribution in [3.05, 3.63) is 65.5 Å². The van der Waals surface area contributed by atoms with E-state index in [1.165, 1.54) is 11.1 Å². The fraction of sp³-hybridized carbons (Fsp3) is 0.458. The van der Waals surface area contributed by atoms with Gasteiger partial charge in [-0.2, -0.15) is 0 Å². The zero-order valence-corrected chi connectivity index (χ0v) is 17.1. The highest BCUT2D eigenvalue weighted by Gasteiger charge is 2.33. The number of likely N-dealkylation sites (tertiary alicyclic amines) is 1. The van der Waals surface area contributed by atoms with Gasteiger partial charge in [-0.05, 0) is 61.3 Å². The van der Waals surface area contributed by atoms with E-state index < -0.39 is 0 Å². The lowest BCUT2D eigenvalue weighted by Gasteiger charge is -2.31. The molecule has 0 radical (unpaired) electrons. The Kier molecular flexibility index (Phi) is 5.93. The Balaban J connectivity index is 1.35. The van der Waals surface area contributed by atoms with Crippen molar-refractivity contribution in [2.24, 2.45) is 5.92 Å². The summed E-state index contributed by atoms with van der Waals surface area (Å²) in [7, 11) is 0. The van der Waals surface area contributed by atoms with Crippen LogP contribution in [0.25, 0.3) is 0 Å². The van der Waals surface area contributed by atoms with Crippen molar-refractivity contribution in [1.29, 1.82) is 0 Å². The fourth-order valence-electron chi connectivity index (χ4n) is 4.18. The normalized spacial score (nSPS) is 17.2. The van der Waals surface area contributed by atoms with E-state index in [-0.39, 0.29) is 11.8 Å². The molecule has 0 atom stereocenters. The van der Waals surface area contributed by atoms with Crippen LogP contribution in [-0.2, 0) is 17.8 Å². The van der Waals surface area contributed by atoms with Crippen LogP contribution >= 0.6 is 0 Å². The Morgan fingerprint density at radius 1 is 0.966 bits per heavy atom. The van der Waals surface area contributed by atoms with E-state index in [4.69, 9.17) is 0 Å². The number of benzene rings is 1. The van der Waals surface area contributed by atoms with Gasteiger partial charge in [-0.25, -0.2) is 0 Å². The molecular weight excluding hydrogens is 362 g/mol. The van der Waals surface area contributed by atoms with Gasteiger partial charge in [0.05, 0.1) is 0 Å². The summed E-state index contributed by atoms with van der Waals surface area (Å²) in [4.78, 5) is 32.3. The van der Waals surface area contributed by atoms with Crippen LogP contribution in [0.15, 0.2) is 48.8 Å². The summed E-state index contributed by atoms with van der Waals surface area (Å²) in [6.45, 7) is 4.07. The third-order valence-corrected chi connectivity index (χ3v) is 6.14. The van der Waals surface area contributed by atoms with Crippen LogP contribution < -0.4 is 0 Å². The molecule has 0 bridgehead atoms. The molecule has 0 spiro atoms. The van der Waals surface area contributed by atoms with Crippen LogP contribution in [0.2, 0.25) is 0 Å². The molecule has 0 N–H and O–H groups in total. The molecule has 1 saturated heterocycles. The van der Waals surface area contributed by atoms with Crippen LogP contribution in [0.1, 0.15) is 54.1 Å². The van der Waals surface area contributed by atoms with Gasteiger partial charge in [0, 0.05) is 50.6 Å². The molecule has 2 aromatic rings. The standard InChI is InChI=1S/C24H29N3O2/c1-18(28)26-14-10-20(11-15-26)16-19-2-4-21(5-3-19)17-27(23-6-7-23)24(29)22-8-12-25-13-9-22/h2-5,8-9,12-13,20,23H,6-7,10-11,14-17H2,1H3. The Labute approximate surface area is 172 Å². The number of carbonyl (C=O) groups excluding carboxylic acids is 2. The van der Waals surface area contributed by atoms with Crippen LogP contribution in [0, 0.1) is 5.92 Å². The molecule has 1 saturated carbocycles. The van der Waals surface area contributed by atoms with Crippen molar-refractivity contribution < 1.29 is 9.59 Å². The molecule has 5 heteroatoms. The Hall–Kier alpha value is -2.69. The van der Waals surface area contributed by atoms with Crippen molar-refractivity contribution in [1.82, 2.24) is 14.8 Å². The Morgan fingerprint density at radius 3 is 2.17 bits per heavy atom. The lowest BCUT2D eigenvalue weighted by molar-refractivity contribution is -0.130. The molecule has 5 nitrogen and oxygen atoms in total. The van der Waals surface area contributed by atoms with E-state index in [9.17, 15) is 9.59 Å². The van der Waals surface area contributed by atoms with E-state index in [0.29, 0.717) is 24.1 Å². The van der Waals surface area contributed by atoms with Gasteiger partial charge in [-0.15, -0.1) is 0 Å². The fourth-order valence-corrected chi connectivity index (χ4v) is 4.18. The predicted molar refractivity (Wildman–Crippen MR) is 112 cm³/mol. The molecule has 152 valence electrons. The number of amides is 2. The minimum Gasteiger partial charge on any atom is -0.343 e. The van der Waals surface area contributed by atoms with E-state index >= 15 is 0 Å². The van der Waals surface area contributed by atoms with Gasteiger partial charge in [0.2, 0.25) is 5.91 Å². The molecule has 1 aliphatic carbocycles. The van der Waals surface area contributed by atoms with Crippen LogP contribution in [0.4, 0.5) is 0 Å². The molecule has 4 rings (SSSR count). The number of aromatic nitrogens is 1. The quantitative estimate of drug-likeness (QED) is 0.755. The molecule has 2 aliphatic rings. The van der Waals surface area contributed by atoms with Gasteiger partial charge in [-0.3, -0.25) is 14.6 Å². The van der Waals surface area contributed by atoms with E-state index in [1.54, 1.807) is 31.5 Å². The van der Waals surface area contributed by atoms with Crippen molar-refractivity contribution >= 4 is 11.8 Å². The zero-order valence-electron chi connectivity index (χ0n) is 17.1. The summed E-state index contributed by atoms with van der Waals surface area (Å²) in [5.74, 6) is 0.929. The smallest absolute Gasteiger partial charge is 0.254 e. The second kappa shape index (κ2) is 8.76. The molecule has 2 heterocycles. The second-order valence-corrected chi connectivity index (χ2v) is 8.37. The largest absolute Gasteiger partial charge is 0.343 e. The summed E-state index contributed by atoms with van der Waals surface area (Å²) in [6.07, 6.45) is 8.76. The lowest BCUT2D eigenvalue weighted by Crippen LogP contribution is -2.37. The number of hydrogen-bond donors (Lipinski definition) is 0. The van der Waals surface area contributed by atoms with Gasteiger partial charge in [0.15, 0.2) is 0 Å². The number of nitrogens with zero attached hydrogens (tertiary/aromatic N) is 3. The predicted octanol–water partition coefficient (Wildman–Crippen LogP) is 3.69. The van der Waals surface area contributed by atoms with Crippen LogP contribution in [-0.4, -0.2) is 45.7 Å². The van der Waals surface area contributed by atoms with Crippen LogP contribution in [0.5, 0.6) is 0 Å². The number of piperidine rings is 1. The lowest BCUT2D eigenvalue weighted by atomic mass is 9.90. The summed E-state index contributed by atoms with van der Waals surface area (Å²) >= 11 is 0. The first-order valence-electron chi connectivity index (χ1n) is 10.6. The average molecular weight is 392 g/mol. The maximum atomic E-state index is 12.9. The van der Waals surface area contributed by atoms with E-state index in [0.717, 1.165) is 45.2 Å². The molecule has 1 aromatic heterocycles. The first kappa shape index (κ1) is 19.6. The second-order valence-electron chi connectivity index (χ2n) is 8.37. The molecule has 2 fully saturated rings. The van der Waals surface area contributed by atoms with Gasteiger partial charge in [0.25, 0.3) is 5.91 Å². The number of rotatable bonds is 6. The highest BCUT2D eigenvalue weighted by atomic mass is 16.2. The minimum absolute atomic E-state index is 0.0937. The Bertz CT molecular complexity index is 838. The first-order valence-corrected chi connectivity index (χ1v) is 10.6. The number of hydrogen-bond acceptors (Lipinski definition) is 3. The summed E-state index contributed by atoms with van der Waals surface area (Å²) in [5.41, 5.74) is 3.23. The molecule has 1 aliphatic heterocycles. The van der Waals surface area contributed by atoms with Crippen molar-refractivity contribution in [2.75, 3.05) is 13.1 Å². The summed E-state index contributed by atoms with van der Waals surface area (Å²) < 4.78 is 0. The highest BCUT2D eigenvalue weighted by Crippen LogP contribution is 2.30. The minimum atomic E-state index is 0.0937. The van der Waals surface area contributed by atoms with Gasteiger partial charge in [-0.1, -0.05) is 24.3 Å². The van der Waals surface area contributed by atoms with Crippen molar-refractivity contribution in [3.8, 4) is 0 Å². The van der Waals surface area contributed by atoms with E-state index in [1.807, 2.05) is 9.80 Å². The molecule has 1 aromatic carbocycles. The highest BCUT2D eigenvalue weighted by molar-refractivity contribution is 5.94. The molecule has 29 heavy (non-hydrogen) atoms. The zero-order chi connectivity index (χ0) is 20.2. The average Bonchev–Trinajstić information content (AvgIpc) is 3.59. The third kappa shape index (κ3) is 5.03. The van der Waals surface area contributed by atoms with Gasteiger partial charge < -0.3 is 9.80 Å². The number of carbonyl (C=O) groups is 2. The summed E-state index contributed by atoms with van der Waals surface area (Å²) in [5, 5.41) is 0. The number of pyridine rings is 1. The van der Waals surface area contributed by atoms with E-state index in [2.05, 4.69) is 29.2 Å². The third-order valence-electron chi connectivity index (χ3n) is 6.14. The van der Waals surface area contributed by atoms with Crippen LogP contribution in [0.3, 0.4) is 0 Å². The summed E-state index contributed by atoms with van der Waals surface area (Å²) in [6, 6.07) is 12.7. The van der Waals surface area contributed by atoms with Gasteiger partial charge >= 0.3 is 0 Å². The molecule has 2 amide bonds. The Morgan fingerprint density at radius 2 is 1.59 bits per heavy atom. The maximum absolute atomic E-state index is 12.9. The molecule has 0 unspecified atom stereocenters. The maximum Gasteiger partial charge on any atom is 0.254 e.